The van der Waals surface area contributed by atoms with E-state index in [2.05, 4.69) is 40.7 Å². The molecule has 1 amide bonds. The molecule has 1 saturated heterocycles. The van der Waals surface area contributed by atoms with Crippen molar-refractivity contribution in [3.8, 4) is 5.82 Å². The van der Waals surface area contributed by atoms with Crippen LogP contribution in [0.3, 0.4) is 0 Å². The number of nitrogens with zero attached hydrogens (tertiary/aromatic N) is 7. The van der Waals surface area contributed by atoms with Gasteiger partial charge in [-0.3, -0.25) is 9.69 Å². The van der Waals surface area contributed by atoms with E-state index in [1.54, 1.807) is 0 Å². The van der Waals surface area contributed by atoms with E-state index in [1.165, 1.54) is 30.4 Å². The highest BCUT2D eigenvalue weighted by Crippen LogP contribution is 2.22. The number of hydrazone groups is 1. The van der Waals surface area contributed by atoms with E-state index in [0.29, 0.717) is 18.2 Å². The summed E-state index contributed by atoms with van der Waals surface area (Å²) in [4.78, 5) is 15.2. The van der Waals surface area contributed by atoms with Crippen LogP contribution in [0.15, 0.2) is 9.73 Å². The molecule has 2 aromatic rings. The minimum Gasteiger partial charge on any atom is -0.378 e. The Hall–Kier alpha value is -2.82. The predicted octanol–water partition coefficient (Wildman–Crippen LogP) is 1.51. The van der Waals surface area contributed by atoms with Gasteiger partial charge in [-0.05, 0) is 55.0 Å². The summed E-state index contributed by atoms with van der Waals surface area (Å²) in [5, 5.41) is 19.8. The van der Waals surface area contributed by atoms with Crippen LogP contribution in [0.25, 0.3) is 5.82 Å². The Kier molecular flexibility index (Phi) is 6.13. The van der Waals surface area contributed by atoms with Crippen molar-refractivity contribution in [2.45, 2.75) is 57.9 Å². The molecule has 0 unspecified atom stereocenters. The highest BCUT2D eigenvalue weighted by molar-refractivity contribution is 5.94. The van der Waals surface area contributed by atoms with Gasteiger partial charge in [0.05, 0.1) is 0 Å². The highest BCUT2D eigenvalue weighted by Gasteiger charge is 2.26. The molecule has 29 heavy (non-hydrogen) atoms. The summed E-state index contributed by atoms with van der Waals surface area (Å²) < 4.78 is 5.94. The first-order chi connectivity index (χ1) is 14.2. The molecule has 11 nitrogen and oxygen atoms in total. The van der Waals surface area contributed by atoms with Gasteiger partial charge in [-0.2, -0.15) is 9.78 Å². The second-order valence-corrected chi connectivity index (χ2v) is 7.72. The van der Waals surface area contributed by atoms with Crippen molar-refractivity contribution in [3.05, 3.63) is 11.4 Å². The zero-order valence-electron chi connectivity index (χ0n) is 16.5. The van der Waals surface area contributed by atoms with Gasteiger partial charge < -0.3 is 5.73 Å². The van der Waals surface area contributed by atoms with Gasteiger partial charge in [0.15, 0.2) is 5.69 Å². The zero-order chi connectivity index (χ0) is 20.1. The van der Waals surface area contributed by atoms with Gasteiger partial charge in [0.2, 0.25) is 11.6 Å². The average Bonchev–Trinajstić information content (AvgIpc) is 3.35. The molecule has 11 heteroatoms. The van der Waals surface area contributed by atoms with Crippen LogP contribution in [0.1, 0.15) is 67.5 Å². The number of piperidine rings is 1. The molecule has 4 rings (SSSR count). The molecule has 0 bridgehead atoms. The number of nitrogen functional groups attached to an aromatic ring is 1. The molecule has 156 valence electrons. The van der Waals surface area contributed by atoms with Crippen LogP contribution in [0, 0.1) is 5.92 Å². The maximum absolute atomic E-state index is 13.0. The first kappa shape index (κ1) is 19.5. The quantitative estimate of drug-likeness (QED) is 0.548. The number of nitrogens with one attached hydrogen (secondary N) is 1. The summed E-state index contributed by atoms with van der Waals surface area (Å²) in [6, 6.07) is 0. The summed E-state index contributed by atoms with van der Waals surface area (Å²) in [5.41, 5.74) is 9.23. The molecular weight excluding hydrogens is 374 g/mol. The van der Waals surface area contributed by atoms with Crippen molar-refractivity contribution in [2.24, 2.45) is 11.0 Å². The molecule has 0 radical (unpaired) electrons. The Bertz CT molecular complexity index is 847. The van der Waals surface area contributed by atoms with Gasteiger partial charge in [-0.1, -0.05) is 30.9 Å². The van der Waals surface area contributed by atoms with Crippen LogP contribution in [-0.4, -0.2) is 55.4 Å². The van der Waals surface area contributed by atoms with Gasteiger partial charge in [-0.15, -0.1) is 5.10 Å². The first-order valence-electron chi connectivity index (χ1n) is 10.3. The minimum atomic E-state index is -0.406. The minimum absolute atomic E-state index is 0.0409. The van der Waals surface area contributed by atoms with Crippen LogP contribution in [0.4, 0.5) is 5.82 Å². The molecule has 1 aliphatic carbocycles. The summed E-state index contributed by atoms with van der Waals surface area (Å²) >= 11 is 0. The van der Waals surface area contributed by atoms with Gasteiger partial charge >= 0.3 is 0 Å². The number of likely N-dealkylation sites (tertiary alicyclic amines) is 1. The molecule has 3 N–H and O–H groups in total. The van der Waals surface area contributed by atoms with Crippen molar-refractivity contribution in [2.75, 3.05) is 18.8 Å². The van der Waals surface area contributed by atoms with Crippen LogP contribution in [0.5, 0.6) is 0 Å². The molecular formula is C18H27N9O2. The van der Waals surface area contributed by atoms with Gasteiger partial charge in [0, 0.05) is 12.8 Å². The van der Waals surface area contributed by atoms with Crippen molar-refractivity contribution < 1.29 is 9.42 Å². The van der Waals surface area contributed by atoms with E-state index < -0.39 is 5.91 Å². The number of hydrogen-bond acceptors (Lipinski definition) is 9. The Morgan fingerprint density at radius 1 is 1.17 bits per heavy atom. The lowest BCUT2D eigenvalue weighted by Crippen LogP contribution is -2.31. The van der Waals surface area contributed by atoms with Crippen LogP contribution < -0.4 is 11.2 Å². The molecule has 0 atom stereocenters. The summed E-state index contributed by atoms with van der Waals surface area (Å²) in [5.74, 6) is 0.190. The molecule has 2 aliphatic rings. The van der Waals surface area contributed by atoms with E-state index >= 15 is 0 Å². The Balaban J connectivity index is 1.54. The number of nitrogens with two attached hydrogens (primary N) is 1. The van der Waals surface area contributed by atoms with Gasteiger partial charge in [-0.25, -0.2) is 10.1 Å². The topological polar surface area (TPSA) is 140 Å². The molecule has 1 aliphatic heterocycles. The number of hydrogen-bond donors (Lipinski definition) is 2. The number of amides is 1. The Labute approximate surface area is 168 Å². The first-order valence-corrected chi connectivity index (χ1v) is 10.3. The fraction of sp³-hybridized carbons (Fsp3) is 0.667. The van der Waals surface area contributed by atoms with Crippen LogP contribution in [0.2, 0.25) is 0 Å². The number of carbonyl (C=O) groups is 1. The van der Waals surface area contributed by atoms with E-state index in [9.17, 15) is 4.79 Å². The van der Waals surface area contributed by atoms with Crippen molar-refractivity contribution >= 4 is 17.9 Å². The molecule has 1 saturated carbocycles. The number of aromatic nitrogens is 5. The molecule has 0 aromatic carbocycles. The molecule has 2 aromatic heterocycles. The third kappa shape index (κ3) is 4.61. The molecule has 2 fully saturated rings. The Morgan fingerprint density at radius 3 is 2.66 bits per heavy atom. The third-order valence-corrected chi connectivity index (χ3v) is 5.57. The fourth-order valence-electron chi connectivity index (χ4n) is 4.00. The lowest BCUT2D eigenvalue weighted by atomic mass is 9.90. The van der Waals surface area contributed by atoms with Crippen molar-refractivity contribution in [1.82, 2.24) is 35.6 Å². The third-order valence-electron chi connectivity index (χ3n) is 5.57. The van der Waals surface area contributed by atoms with E-state index in [4.69, 9.17) is 5.73 Å². The summed E-state index contributed by atoms with van der Waals surface area (Å²) in [6.45, 7) is 2.48. The van der Waals surface area contributed by atoms with Gasteiger partial charge in [0.25, 0.3) is 5.91 Å². The van der Waals surface area contributed by atoms with E-state index in [1.807, 2.05) is 6.21 Å². The number of rotatable bonds is 6. The zero-order valence-corrected chi connectivity index (χ0v) is 16.5. The smallest absolute Gasteiger partial charge is 0.292 e. The normalized spacial score (nSPS) is 19.0. The molecule has 3 heterocycles. The molecule has 0 spiro atoms. The maximum Gasteiger partial charge on any atom is 0.292 e. The van der Waals surface area contributed by atoms with E-state index in [0.717, 1.165) is 38.8 Å². The van der Waals surface area contributed by atoms with E-state index in [-0.39, 0.29) is 17.3 Å². The number of carbonyl (C=O) groups excluding carboxylic acids is 1. The summed E-state index contributed by atoms with van der Waals surface area (Å²) in [6.07, 6.45) is 11.3. The highest BCUT2D eigenvalue weighted by atomic mass is 16.6. The summed E-state index contributed by atoms with van der Waals surface area (Å²) in [7, 11) is 0. The van der Waals surface area contributed by atoms with Crippen LogP contribution in [-0.2, 0) is 6.54 Å². The lowest BCUT2D eigenvalue weighted by Gasteiger charge is -2.25. The average molecular weight is 401 g/mol. The standard InChI is InChI=1S/C18H27N9O2/c19-16-17(24-29-23-16)27-15(14(21-25-27)12-26-9-5-2-6-10-26)18(28)22-20-11-13-7-3-1-4-8-13/h11,13H,1-10,12H2,(H2,19,23)(H,22,28). The second-order valence-electron chi connectivity index (χ2n) is 7.72. The Morgan fingerprint density at radius 2 is 1.93 bits per heavy atom. The second kappa shape index (κ2) is 9.12. The van der Waals surface area contributed by atoms with Crippen molar-refractivity contribution in [3.63, 3.8) is 0 Å². The van der Waals surface area contributed by atoms with Gasteiger partial charge in [0.1, 0.15) is 5.69 Å². The van der Waals surface area contributed by atoms with Crippen LogP contribution >= 0.6 is 0 Å². The maximum atomic E-state index is 13.0. The lowest BCUT2D eigenvalue weighted by molar-refractivity contribution is 0.0944. The largest absolute Gasteiger partial charge is 0.378 e. The number of anilines is 1. The van der Waals surface area contributed by atoms with Crippen molar-refractivity contribution in [1.29, 1.82) is 0 Å². The predicted molar refractivity (Wildman–Crippen MR) is 105 cm³/mol. The SMILES string of the molecule is Nc1nonc1-n1nnc(CN2CCCCC2)c1C(=O)NN=CC1CCCCC1. The fourth-order valence-corrected chi connectivity index (χ4v) is 4.00. The monoisotopic (exact) mass is 401 g/mol.